The number of halogens is 1. The zero-order valence-corrected chi connectivity index (χ0v) is 17.4. The Morgan fingerprint density at radius 1 is 1.25 bits per heavy atom. The molecule has 0 saturated heterocycles. The minimum absolute atomic E-state index is 0.0661. The van der Waals surface area contributed by atoms with E-state index in [9.17, 15) is 0 Å². The molecular weight excluding hydrogens is 376 g/mol. The summed E-state index contributed by atoms with van der Waals surface area (Å²) < 4.78 is 1.29. The van der Waals surface area contributed by atoms with Crippen molar-refractivity contribution in [1.29, 1.82) is 0 Å². The molecule has 3 aliphatic rings. The van der Waals surface area contributed by atoms with Crippen LogP contribution in [0.2, 0.25) is 0 Å². The van der Waals surface area contributed by atoms with E-state index in [1.165, 1.54) is 47.7 Å². The molecule has 0 spiro atoms. The molecule has 1 heterocycles. The SMILES string of the molecule is CC1=Cc2c(Br)c3c(cc2=C1C(C)(C)C1=CC=CC1)SC(C)C=3C. The minimum atomic E-state index is 0.0661. The highest BCUT2D eigenvalue weighted by Crippen LogP contribution is 2.45. The van der Waals surface area contributed by atoms with E-state index in [1.54, 1.807) is 0 Å². The van der Waals surface area contributed by atoms with Crippen LogP contribution in [0, 0.1) is 5.41 Å². The van der Waals surface area contributed by atoms with Crippen molar-refractivity contribution in [1.82, 2.24) is 0 Å². The number of allylic oxidation sites excluding steroid dienone is 5. The maximum Gasteiger partial charge on any atom is 0.0337 e. The summed E-state index contributed by atoms with van der Waals surface area (Å²) in [5.41, 5.74) is 7.34. The Kier molecular flexibility index (Phi) is 3.78. The highest BCUT2D eigenvalue weighted by molar-refractivity contribution is 9.10. The molecule has 2 aliphatic carbocycles. The van der Waals surface area contributed by atoms with Crippen LogP contribution in [0.1, 0.15) is 46.6 Å². The maximum atomic E-state index is 3.94. The van der Waals surface area contributed by atoms with Crippen molar-refractivity contribution in [2.45, 2.75) is 51.2 Å². The van der Waals surface area contributed by atoms with Gasteiger partial charge in [-0.3, -0.25) is 0 Å². The van der Waals surface area contributed by atoms with Crippen LogP contribution in [0.25, 0.3) is 17.2 Å². The lowest BCUT2D eigenvalue weighted by Gasteiger charge is -2.30. The van der Waals surface area contributed by atoms with Gasteiger partial charge in [0.2, 0.25) is 0 Å². The van der Waals surface area contributed by atoms with Crippen molar-refractivity contribution in [2.24, 2.45) is 5.41 Å². The summed E-state index contributed by atoms with van der Waals surface area (Å²) >= 11 is 5.93. The van der Waals surface area contributed by atoms with Crippen LogP contribution >= 0.6 is 27.7 Å². The maximum absolute atomic E-state index is 3.94. The van der Waals surface area contributed by atoms with Gasteiger partial charge in [-0.05, 0) is 77.2 Å². The van der Waals surface area contributed by atoms with Crippen LogP contribution in [-0.2, 0) is 0 Å². The first-order valence-corrected chi connectivity index (χ1v) is 10.3. The molecule has 1 aliphatic heterocycles. The summed E-state index contributed by atoms with van der Waals surface area (Å²) in [7, 11) is 0. The van der Waals surface area contributed by atoms with Gasteiger partial charge in [0.1, 0.15) is 0 Å². The van der Waals surface area contributed by atoms with Crippen LogP contribution in [-0.4, -0.2) is 5.25 Å². The molecule has 124 valence electrons. The molecule has 0 bridgehead atoms. The zero-order chi connectivity index (χ0) is 17.2. The second kappa shape index (κ2) is 5.51. The molecule has 0 aromatic heterocycles. The highest BCUT2D eigenvalue weighted by atomic mass is 79.9. The van der Waals surface area contributed by atoms with E-state index in [0.717, 1.165) is 6.42 Å². The van der Waals surface area contributed by atoms with Gasteiger partial charge in [-0.2, -0.15) is 0 Å². The molecule has 0 saturated carbocycles. The molecule has 1 atom stereocenters. The van der Waals surface area contributed by atoms with E-state index in [1.807, 2.05) is 11.8 Å². The van der Waals surface area contributed by atoms with E-state index < -0.39 is 0 Å². The Morgan fingerprint density at radius 2 is 2.00 bits per heavy atom. The van der Waals surface area contributed by atoms with Gasteiger partial charge in [-0.25, -0.2) is 0 Å². The summed E-state index contributed by atoms with van der Waals surface area (Å²) in [4.78, 5) is 1.43. The lowest BCUT2D eigenvalue weighted by atomic mass is 9.74. The molecule has 24 heavy (non-hydrogen) atoms. The van der Waals surface area contributed by atoms with Crippen LogP contribution in [0.4, 0.5) is 0 Å². The number of hydrogen-bond donors (Lipinski definition) is 0. The summed E-state index contributed by atoms with van der Waals surface area (Å²) in [6, 6.07) is 2.44. The molecule has 0 amide bonds. The van der Waals surface area contributed by atoms with E-state index in [0.29, 0.717) is 5.25 Å². The fourth-order valence-corrected chi connectivity index (χ4v) is 6.56. The minimum Gasteiger partial charge on any atom is -0.118 e. The van der Waals surface area contributed by atoms with Crippen LogP contribution in [0.15, 0.2) is 44.8 Å². The first-order chi connectivity index (χ1) is 11.3. The van der Waals surface area contributed by atoms with E-state index >= 15 is 0 Å². The third-order valence-electron chi connectivity index (χ3n) is 5.80. The van der Waals surface area contributed by atoms with Gasteiger partial charge in [0.25, 0.3) is 0 Å². The van der Waals surface area contributed by atoms with Gasteiger partial charge < -0.3 is 0 Å². The zero-order valence-electron chi connectivity index (χ0n) is 15.0. The second-order valence-corrected chi connectivity index (χ2v) is 9.80. The van der Waals surface area contributed by atoms with Crippen molar-refractivity contribution >= 4 is 44.9 Å². The third kappa shape index (κ3) is 2.19. The first kappa shape index (κ1) is 16.5. The van der Waals surface area contributed by atoms with Crippen molar-refractivity contribution in [3.8, 4) is 0 Å². The number of benzene rings is 1. The molecule has 0 N–H and O–H groups in total. The monoisotopic (exact) mass is 398 g/mol. The number of hydrogen-bond acceptors (Lipinski definition) is 1. The number of fused-ring (bicyclic) bond motifs is 2. The molecule has 0 radical (unpaired) electrons. The Labute approximate surface area is 157 Å². The molecule has 0 fully saturated rings. The van der Waals surface area contributed by atoms with Crippen molar-refractivity contribution in [3.05, 3.63) is 55.9 Å². The van der Waals surface area contributed by atoms with Crippen molar-refractivity contribution < 1.29 is 0 Å². The van der Waals surface area contributed by atoms with Gasteiger partial charge in [0, 0.05) is 25.3 Å². The largest absolute Gasteiger partial charge is 0.118 e. The molecule has 1 aromatic rings. The Balaban J connectivity index is 2.03. The number of rotatable bonds is 2. The predicted molar refractivity (Wildman–Crippen MR) is 110 cm³/mol. The fraction of sp³-hybridized carbons (Fsp3) is 0.364. The summed E-state index contributed by atoms with van der Waals surface area (Å²) in [5, 5.41) is 3.42. The Morgan fingerprint density at radius 3 is 2.67 bits per heavy atom. The normalized spacial score (nSPS) is 22.0. The standard InChI is InChI=1S/C22H23BrS/c1-12-10-17-16(20(12)22(4,5)15-8-6-7-9-15)11-18-19(21(17)23)13(2)14(3)24-18/h6-8,10-11,14H,9H2,1-5H3. The summed E-state index contributed by atoms with van der Waals surface area (Å²) in [6.45, 7) is 11.6. The highest BCUT2D eigenvalue weighted by Gasteiger charge is 2.33. The molecular formula is C22H23BrS. The van der Waals surface area contributed by atoms with Gasteiger partial charge >= 0.3 is 0 Å². The van der Waals surface area contributed by atoms with Crippen molar-refractivity contribution in [2.75, 3.05) is 0 Å². The van der Waals surface area contributed by atoms with E-state index in [4.69, 9.17) is 0 Å². The van der Waals surface area contributed by atoms with Gasteiger partial charge in [-0.1, -0.05) is 43.2 Å². The van der Waals surface area contributed by atoms with Crippen LogP contribution in [0.5, 0.6) is 0 Å². The third-order valence-corrected chi connectivity index (χ3v) is 7.91. The first-order valence-electron chi connectivity index (χ1n) is 8.62. The molecule has 0 nitrogen and oxygen atoms in total. The van der Waals surface area contributed by atoms with Crippen molar-refractivity contribution in [3.63, 3.8) is 0 Å². The Hall–Kier alpha value is -0.990. The average molecular weight is 399 g/mol. The summed E-state index contributed by atoms with van der Waals surface area (Å²) in [5.74, 6) is 0. The van der Waals surface area contributed by atoms with Gasteiger partial charge in [-0.15, -0.1) is 11.8 Å². The van der Waals surface area contributed by atoms with E-state index in [-0.39, 0.29) is 5.41 Å². The molecule has 4 rings (SSSR count). The van der Waals surface area contributed by atoms with Gasteiger partial charge in [0.05, 0.1) is 0 Å². The quantitative estimate of drug-likeness (QED) is 0.624. The van der Waals surface area contributed by atoms with Gasteiger partial charge in [0.15, 0.2) is 0 Å². The molecule has 1 unspecified atom stereocenters. The second-order valence-electron chi connectivity index (χ2n) is 7.62. The lowest BCUT2D eigenvalue weighted by molar-refractivity contribution is 0.589. The predicted octanol–water partition coefficient (Wildman–Crippen LogP) is 5.59. The Bertz CT molecular complexity index is 970. The molecule has 1 aromatic carbocycles. The summed E-state index contributed by atoms with van der Waals surface area (Å²) in [6.07, 6.45) is 10.2. The lowest BCUT2D eigenvalue weighted by Crippen LogP contribution is -2.25. The fourth-order valence-electron chi connectivity index (χ4n) is 4.33. The smallest absolute Gasteiger partial charge is 0.0337 e. The van der Waals surface area contributed by atoms with E-state index in [2.05, 4.69) is 80.9 Å². The molecule has 2 heteroatoms. The number of thioether (sulfide) groups is 1. The topological polar surface area (TPSA) is 0 Å². The van der Waals surface area contributed by atoms with Crippen LogP contribution in [0.3, 0.4) is 0 Å². The average Bonchev–Trinajstić information content (AvgIpc) is 3.19. The van der Waals surface area contributed by atoms with Crippen LogP contribution < -0.4 is 10.4 Å².